The molecule has 1 N–H and O–H groups in total. The number of rotatable bonds is 10. The molecule has 0 aromatic carbocycles. The Kier molecular flexibility index (Phi) is 10.1. The van der Waals surface area contributed by atoms with Crippen LogP contribution in [0.4, 0.5) is 0 Å². The van der Waals surface area contributed by atoms with Crippen molar-refractivity contribution in [2.45, 2.75) is 53.0 Å². The van der Waals surface area contributed by atoms with Gasteiger partial charge < -0.3 is 10.1 Å². The third-order valence-electron chi connectivity index (χ3n) is 3.07. The van der Waals surface area contributed by atoms with Gasteiger partial charge in [0.05, 0.1) is 20.2 Å². The normalized spacial score (nSPS) is 12.6. The fourth-order valence-electron chi connectivity index (χ4n) is 1.96. The number of methoxy groups -OCH3 is 1. The lowest BCUT2D eigenvalue weighted by atomic mass is 10.0. The number of hydrogen-bond donors (Lipinski definition) is 1. The summed E-state index contributed by atoms with van der Waals surface area (Å²) in [7, 11) is 1.36. The molecule has 5 nitrogen and oxygen atoms in total. The molecule has 0 spiro atoms. The maximum atomic E-state index is 11.9. The molecule has 0 aliphatic rings. The molecule has 1 amide bonds. The maximum Gasteiger partial charge on any atom is 0.319 e. The molecule has 0 heterocycles. The van der Waals surface area contributed by atoms with E-state index >= 15 is 0 Å². The highest BCUT2D eigenvalue weighted by molar-refractivity contribution is 5.79. The molecular weight excluding hydrogens is 256 g/mol. The molecule has 0 bridgehead atoms. The average Bonchev–Trinajstić information content (AvgIpc) is 2.36. The standard InChI is InChI=1S/C15H30N2O3/c1-6-9-17(11-15(19)20-5)10-14(18)16-13(4)8-7-12(2)3/h12-13H,6-11H2,1-5H3,(H,16,18). The lowest BCUT2D eigenvalue weighted by Gasteiger charge is -2.21. The number of carbonyl (C=O) groups excluding carboxylic acids is 2. The van der Waals surface area contributed by atoms with E-state index in [-0.39, 0.29) is 31.0 Å². The summed E-state index contributed by atoms with van der Waals surface area (Å²) in [5, 5.41) is 2.98. The maximum absolute atomic E-state index is 11.9. The van der Waals surface area contributed by atoms with Crippen LogP contribution in [0.25, 0.3) is 0 Å². The Bertz CT molecular complexity index is 293. The molecule has 0 saturated carbocycles. The van der Waals surface area contributed by atoms with E-state index in [2.05, 4.69) is 23.9 Å². The van der Waals surface area contributed by atoms with Crippen LogP contribution in [0.1, 0.15) is 47.0 Å². The second-order valence-corrected chi connectivity index (χ2v) is 5.73. The van der Waals surface area contributed by atoms with E-state index in [1.807, 2.05) is 18.7 Å². The molecule has 20 heavy (non-hydrogen) atoms. The van der Waals surface area contributed by atoms with E-state index in [4.69, 9.17) is 0 Å². The Labute approximate surface area is 123 Å². The lowest BCUT2D eigenvalue weighted by molar-refractivity contribution is -0.142. The van der Waals surface area contributed by atoms with Gasteiger partial charge in [-0.15, -0.1) is 0 Å². The van der Waals surface area contributed by atoms with Gasteiger partial charge in [-0.1, -0.05) is 20.8 Å². The van der Waals surface area contributed by atoms with Crippen molar-refractivity contribution in [1.82, 2.24) is 10.2 Å². The molecule has 0 radical (unpaired) electrons. The molecule has 0 aliphatic carbocycles. The molecule has 0 aromatic rings. The van der Waals surface area contributed by atoms with E-state index in [0.717, 1.165) is 19.3 Å². The monoisotopic (exact) mass is 286 g/mol. The second-order valence-electron chi connectivity index (χ2n) is 5.73. The van der Waals surface area contributed by atoms with Gasteiger partial charge in [0.1, 0.15) is 0 Å². The quantitative estimate of drug-likeness (QED) is 0.622. The summed E-state index contributed by atoms with van der Waals surface area (Å²) < 4.78 is 4.64. The van der Waals surface area contributed by atoms with E-state index in [0.29, 0.717) is 12.5 Å². The minimum Gasteiger partial charge on any atom is -0.468 e. The van der Waals surface area contributed by atoms with Crippen molar-refractivity contribution >= 4 is 11.9 Å². The lowest BCUT2D eigenvalue weighted by Crippen LogP contribution is -2.43. The Balaban J connectivity index is 4.14. The van der Waals surface area contributed by atoms with Crippen LogP contribution in [0.5, 0.6) is 0 Å². The van der Waals surface area contributed by atoms with Gasteiger partial charge in [0.2, 0.25) is 5.91 Å². The highest BCUT2D eigenvalue weighted by Crippen LogP contribution is 2.06. The molecule has 118 valence electrons. The van der Waals surface area contributed by atoms with Crippen molar-refractivity contribution in [1.29, 1.82) is 0 Å². The van der Waals surface area contributed by atoms with E-state index in [1.165, 1.54) is 7.11 Å². The third kappa shape index (κ3) is 9.78. The molecule has 0 aliphatic heterocycles. The van der Waals surface area contributed by atoms with Gasteiger partial charge in [-0.25, -0.2) is 0 Å². The number of esters is 1. The summed E-state index contributed by atoms with van der Waals surface area (Å²) >= 11 is 0. The van der Waals surface area contributed by atoms with Crippen LogP contribution in [0.3, 0.4) is 0 Å². The van der Waals surface area contributed by atoms with E-state index in [9.17, 15) is 9.59 Å². The SMILES string of the molecule is CCCN(CC(=O)NC(C)CCC(C)C)CC(=O)OC. The molecular formula is C15H30N2O3. The van der Waals surface area contributed by atoms with Gasteiger partial charge in [-0.3, -0.25) is 14.5 Å². The van der Waals surface area contributed by atoms with Crippen LogP contribution >= 0.6 is 0 Å². The fraction of sp³-hybridized carbons (Fsp3) is 0.867. The van der Waals surface area contributed by atoms with Gasteiger partial charge in [0, 0.05) is 6.04 Å². The third-order valence-corrected chi connectivity index (χ3v) is 3.07. The molecule has 0 aromatic heterocycles. The number of nitrogens with zero attached hydrogens (tertiary/aromatic N) is 1. The van der Waals surface area contributed by atoms with Gasteiger partial charge in [0.25, 0.3) is 0 Å². The molecule has 1 atom stereocenters. The zero-order chi connectivity index (χ0) is 15.5. The summed E-state index contributed by atoms with van der Waals surface area (Å²) in [6.07, 6.45) is 2.98. The Morgan fingerprint density at radius 3 is 2.30 bits per heavy atom. The summed E-state index contributed by atoms with van der Waals surface area (Å²) in [5.74, 6) is 0.308. The van der Waals surface area contributed by atoms with Crippen LogP contribution in [0.15, 0.2) is 0 Å². The van der Waals surface area contributed by atoms with Gasteiger partial charge in [-0.05, 0) is 38.6 Å². The van der Waals surface area contributed by atoms with Gasteiger partial charge in [-0.2, -0.15) is 0 Å². The molecule has 5 heteroatoms. The predicted molar refractivity (Wildman–Crippen MR) is 80.4 cm³/mol. The van der Waals surface area contributed by atoms with E-state index in [1.54, 1.807) is 0 Å². The Hall–Kier alpha value is -1.10. The zero-order valence-corrected chi connectivity index (χ0v) is 13.6. The first-order chi connectivity index (χ1) is 9.38. The van der Waals surface area contributed by atoms with Crippen molar-refractivity contribution in [2.75, 3.05) is 26.7 Å². The highest BCUT2D eigenvalue weighted by atomic mass is 16.5. The first-order valence-electron chi connectivity index (χ1n) is 7.47. The number of amides is 1. The zero-order valence-electron chi connectivity index (χ0n) is 13.6. The number of nitrogens with one attached hydrogen (secondary N) is 1. The van der Waals surface area contributed by atoms with E-state index < -0.39 is 0 Å². The van der Waals surface area contributed by atoms with Crippen molar-refractivity contribution in [3.8, 4) is 0 Å². The van der Waals surface area contributed by atoms with Gasteiger partial charge in [0.15, 0.2) is 0 Å². The van der Waals surface area contributed by atoms with Crippen LogP contribution in [-0.4, -0.2) is 49.6 Å². The van der Waals surface area contributed by atoms with Crippen molar-refractivity contribution in [3.05, 3.63) is 0 Å². The topological polar surface area (TPSA) is 58.6 Å². The minimum atomic E-state index is -0.306. The first kappa shape index (κ1) is 18.9. The van der Waals surface area contributed by atoms with Crippen LogP contribution in [0.2, 0.25) is 0 Å². The predicted octanol–water partition coefficient (Wildman–Crippen LogP) is 1.81. The second kappa shape index (κ2) is 10.7. The minimum absolute atomic E-state index is 0.0291. The summed E-state index contributed by atoms with van der Waals surface area (Å²) in [4.78, 5) is 25.0. The molecule has 0 rings (SSSR count). The van der Waals surface area contributed by atoms with Gasteiger partial charge >= 0.3 is 5.97 Å². The highest BCUT2D eigenvalue weighted by Gasteiger charge is 2.15. The smallest absolute Gasteiger partial charge is 0.319 e. The largest absolute Gasteiger partial charge is 0.468 e. The van der Waals surface area contributed by atoms with Crippen LogP contribution in [-0.2, 0) is 14.3 Å². The fourth-order valence-corrected chi connectivity index (χ4v) is 1.96. The van der Waals surface area contributed by atoms with Crippen molar-refractivity contribution < 1.29 is 14.3 Å². The number of ether oxygens (including phenoxy) is 1. The van der Waals surface area contributed by atoms with Crippen LogP contribution < -0.4 is 5.32 Å². The van der Waals surface area contributed by atoms with Crippen molar-refractivity contribution in [2.24, 2.45) is 5.92 Å². The number of hydrogen-bond acceptors (Lipinski definition) is 4. The molecule has 1 unspecified atom stereocenters. The number of carbonyl (C=O) groups is 2. The molecule has 0 fully saturated rings. The summed E-state index contributed by atoms with van der Waals surface area (Å²) in [5.41, 5.74) is 0. The van der Waals surface area contributed by atoms with Crippen LogP contribution in [0, 0.1) is 5.92 Å². The average molecular weight is 286 g/mol. The van der Waals surface area contributed by atoms with Crippen molar-refractivity contribution in [3.63, 3.8) is 0 Å². The Morgan fingerprint density at radius 1 is 1.15 bits per heavy atom. The summed E-state index contributed by atoms with van der Waals surface area (Å²) in [6.45, 7) is 9.51. The summed E-state index contributed by atoms with van der Waals surface area (Å²) in [6, 6.07) is 0.173. The first-order valence-corrected chi connectivity index (χ1v) is 7.47. The Morgan fingerprint density at radius 2 is 1.80 bits per heavy atom. The molecule has 0 saturated heterocycles.